The Hall–Kier alpha value is -0.730. The van der Waals surface area contributed by atoms with E-state index in [1.807, 2.05) is 25.1 Å². The smallest absolute Gasteiger partial charge is 0.138 e. The topological polar surface area (TPSA) is 35.2 Å². The number of hydrogen-bond donors (Lipinski definition) is 1. The van der Waals surface area contributed by atoms with Crippen LogP contribution in [0.25, 0.3) is 0 Å². The molecule has 72 valence electrons. The van der Waals surface area contributed by atoms with Gasteiger partial charge in [0.15, 0.2) is 0 Å². The van der Waals surface area contributed by atoms with Crippen LogP contribution in [0, 0.1) is 0 Å². The van der Waals surface area contributed by atoms with Crippen molar-refractivity contribution in [2.24, 2.45) is 5.73 Å². The van der Waals surface area contributed by atoms with E-state index in [0.29, 0.717) is 17.3 Å². The van der Waals surface area contributed by atoms with E-state index in [2.05, 4.69) is 0 Å². The van der Waals surface area contributed by atoms with Crippen LogP contribution in [-0.4, -0.2) is 12.6 Å². The molecule has 0 spiro atoms. The van der Waals surface area contributed by atoms with Crippen molar-refractivity contribution in [1.29, 1.82) is 0 Å². The highest BCUT2D eigenvalue weighted by Gasteiger charge is 2.07. The van der Waals surface area contributed by atoms with Gasteiger partial charge in [-0.05, 0) is 18.6 Å². The van der Waals surface area contributed by atoms with Crippen LogP contribution >= 0.6 is 11.6 Å². The number of rotatable bonds is 4. The van der Waals surface area contributed by atoms with E-state index in [1.165, 1.54) is 0 Å². The molecule has 0 amide bonds. The lowest BCUT2D eigenvalue weighted by molar-refractivity contribution is 0.205. The van der Waals surface area contributed by atoms with Gasteiger partial charge >= 0.3 is 0 Å². The maximum atomic E-state index is 5.92. The largest absolute Gasteiger partial charge is 0.488 e. The van der Waals surface area contributed by atoms with Gasteiger partial charge in [0.25, 0.3) is 0 Å². The Kier molecular flexibility index (Phi) is 4.06. The fraction of sp³-hybridized carbons (Fsp3) is 0.400. The molecule has 0 saturated heterocycles. The predicted molar refractivity (Wildman–Crippen MR) is 55.2 cm³/mol. The lowest BCUT2D eigenvalue weighted by Crippen LogP contribution is -2.25. The molecule has 2 N–H and O–H groups in total. The van der Waals surface area contributed by atoms with Gasteiger partial charge in [-0.2, -0.15) is 0 Å². The number of para-hydroxylation sites is 1. The van der Waals surface area contributed by atoms with Gasteiger partial charge in [-0.15, -0.1) is 0 Å². The van der Waals surface area contributed by atoms with Gasteiger partial charge in [0, 0.05) is 6.54 Å². The summed E-state index contributed by atoms with van der Waals surface area (Å²) in [6.45, 7) is 2.55. The van der Waals surface area contributed by atoms with Gasteiger partial charge in [-0.25, -0.2) is 0 Å². The number of halogens is 1. The Morgan fingerprint density at radius 1 is 1.46 bits per heavy atom. The van der Waals surface area contributed by atoms with Crippen molar-refractivity contribution < 1.29 is 4.74 Å². The van der Waals surface area contributed by atoms with Crippen molar-refractivity contribution in [3.8, 4) is 5.75 Å². The SMILES string of the molecule is CCC(CN)Oc1ccccc1Cl. The molecule has 0 aliphatic carbocycles. The molecule has 0 fully saturated rings. The average Bonchev–Trinajstić information content (AvgIpc) is 2.17. The molecule has 1 unspecified atom stereocenters. The third-order valence-corrected chi connectivity index (χ3v) is 2.16. The summed E-state index contributed by atoms with van der Waals surface area (Å²) in [5.41, 5.74) is 5.51. The van der Waals surface area contributed by atoms with E-state index < -0.39 is 0 Å². The normalized spacial score (nSPS) is 12.5. The number of hydrogen-bond acceptors (Lipinski definition) is 2. The molecule has 0 heterocycles. The van der Waals surface area contributed by atoms with Crippen LogP contribution in [0.4, 0.5) is 0 Å². The third kappa shape index (κ3) is 2.90. The van der Waals surface area contributed by atoms with Gasteiger partial charge in [-0.3, -0.25) is 0 Å². The molecule has 0 aliphatic heterocycles. The first-order valence-corrected chi connectivity index (χ1v) is 4.77. The summed E-state index contributed by atoms with van der Waals surface area (Å²) in [5, 5.41) is 0.634. The van der Waals surface area contributed by atoms with Crippen molar-refractivity contribution in [3.05, 3.63) is 29.3 Å². The van der Waals surface area contributed by atoms with Crippen LogP contribution in [0.15, 0.2) is 24.3 Å². The van der Waals surface area contributed by atoms with Crippen molar-refractivity contribution >= 4 is 11.6 Å². The molecule has 0 aliphatic rings. The Bertz CT molecular complexity index is 261. The zero-order chi connectivity index (χ0) is 9.68. The Balaban J connectivity index is 2.67. The maximum absolute atomic E-state index is 5.92. The van der Waals surface area contributed by atoms with Crippen LogP contribution in [0.5, 0.6) is 5.75 Å². The first-order valence-electron chi connectivity index (χ1n) is 4.39. The molecule has 13 heavy (non-hydrogen) atoms. The molecule has 1 aromatic carbocycles. The lowest BCUT2D eigenvalue weighted by Gasteiger charge is -2.15. The minimum absolute atomic E-state index is 0.0555. The van der Waals surface area contributed by atoms with Crippen molar-refractivity contribution in [3.63, 3.8) is 0 Å². The van der Waals surface area contributed by atoms with Crippen LogP contribution in [0.2, 0.25) is 5.02 Å². The molecule has 3 heteroatoms. The van der Waals surface area contributed by atoms with Gasteiger partial charge in [0.2, 0.25) is 0 Å². The van der Waals surface area contributed by atoms with Crippen molar-refractivity contribution in [1.82, 2.24) is 0 Å². The standard InChI is InChI=1S/C10H14ClNO/c1-2-8(7-12)13-10-6-4-3-5-9(10)11/h3-6,8H,2,7,12H2,1H3. The highest BCUT2D eigenvalue weighted by Crippen LogP contribution is 2.24. The van der Waals surface area contributed by atoms with E-state index in [9.17, 15) is 0 Å². The molecule has 0 saturated carbocycles. The van der Waals surface area contributed by atoms with Crippen molar-refractivity contribution in [2.75, 3.05) is 6.54 Å². The van der Waals surface area contributed by atoms with E-state index in [4.69, 9.17) is 22.1 Å². The molecule has 2 nitrogen and oxygen atoms in total. The molecule has 1 rings (SSSR count). The minimum atomic E-state index is 0.0555. The summed E-state index contributed by atoms with van der Waals surface area (Å²) < 4.78 is 5.59. The van der Waals surface area contributed by atoms with Gasteiger partial charge < -0.3 is 10.5 Å². The summed E-state index contributed by atoms with van der Waals surface area (Å²) in [6, 6.07) is 7.42. The Morgan fingerprint density at radius 3 is 2.69 bits per heavy atom. The molecule has 0 aromatic heterocycles. The zero-order valence-corrected chi connectivity index (χ0v) is 8.42. The quantitative estimate of drug-likeness (QED) is 0.809. The predicted octanol–water partition coefficient (Wildman–Crippen LogP) is 2.46. The van der Waals surface area contributed by atoms with Gasteiger partial charge in [-0.1, -0.05) is 30.7 Å². The Morgan fingerprint density at radius 2 is 2.15 bits per heavy atom. The second kappa shape index (κ2) is 5.10. The maximum Gasteiger partial charge on any atom is 0.138 e. The molecule has 0 radical (unpaired) electrons. The van der Waals surface area contributed by atoms with Gasteiger partial charge in [0.1, 0.15) is 11.9 Å². The monoisotopic (exact) mass is 199 g/mol. The summed E-state index contributed by atoms with van der Waals surface area (Å²) in [6.07, 6.45) is 0.946. The molecular formula is C10H14ClNO. The molecule has 1 atom stereocenters. The molecular weight excluding hydrogens is 186 g/mol. The minimum Gasteiger partial charge on any atom is -0.488 e. The van der Waals surface area contributed by atoms with Crippen LogP contribution in [0.3, 0.4) is 0 Å². The van der Waals surface area contributed by atoms with Crippen LogP contribution < -0.4 is 10.5 Å². The van der Waals surface area contributed by atoms with Crippen LogP contribution in [-0.2, 0) is 0 Å². The summed E-state index contributed by atoms with van der Waals surface area (Å²) in [7, 11) is 0. The highest BCUT2D eigenvalue weighted by atomic mass is 35.5. The Labute approximate surface area is 83.6 Å². The second-order valence-electron chi connectivity index (χ2n) is 2.81. The van der Waals surface area contributed by atoms with E-state index in [-0.39, 0.29) is 6.10 Å². The lowest BCUT2D eigenvalue weighted by atomic mass is 10.2. The van der Waals surface area contributed by atoms with E-state index in [1.54, 1.807) is 6.07 Å². The number of ether oxygens (including phenoxy) is 1. The fourth-order valence-electron chi connectivity index (χ4n) is 1.02. The first kappa shape index (κ1) is 10.4. The second-order valence-corrected chi connectivity index (χ2v) is 3.22. The van der Waals surface area contributed by atoms with Crippen LogP contribution in [0.1, 0.15) is 13.3 Å². The molecule has 0 bridgehead atoms. The molecule has 1 aromatic rings. The third-order valence-electron chi connectivity index (χ3n) is 1.85. The van der Waals surface area contributed by atoms with Gasteiger partial charge in [0.05, 0.1) is 5.02 Å². The van der Waals surface area contributed by atoms with E-state index >= 15 is 0 Å². The summed E-state index contributed by atoms with van der Waals surface area (Å²) >= 11 is 5.92. The first-order chi connectivity index (χ1) is 6.27. The number of nitrogens with two attached hydrogens (primary N) is 1. The van der Waals surface area contributed by atoms with Crippen molar-refractivity contribution in [2.45, 2.75) is 19.4 Å². The summed E-state index contributed by atoms with van der Waals surface area (Å²) in [4.78, 5) is 0. The summed E-state index contributed by atoms with van der Waals surface area (Å²) in [5.74, 6) is 0.710. The highest BCUT2D eigenvalue weighted by molar-refractivity contribution is 6.32. The van der Waals surface area contributed by atoms with E-state index in [0.717, 1.165) is 6.42 Å². The average molecular weight is 200 g/mol. The fourth-order valence-corrected chi connectivity index (χ4v) is 1.20. The zero-order valence-electron chi connectivity index (χ0n) is 7.66. The number of benzene rings is 1.